The second kappa shape index (κ2) is 2.77. The van der Waals surface area contributed by atoms with E-state index in [9.17, 15) is 4.79 Å². The first-order valence-electron chi connectivity index (χ1n) is 3.76. The summed E-state index contributed by atoms with van der Waals surface area (Å²) in [6.07, 6.45) is 2.61. The third-order valence-electron chi connectivity index (χ3n) is 1.80. The molecule has 12 heavy (non-hydrogen) atoms. The lowest BCUT2D eigenvalue weighted by atomic mass is 10.3. The predicted molar refractivity (Wildman–Crippen MR) is 45.8 cm³/mol. The SMILES string of the molecule is O=CCn1ncc2ccccc21. The van der Waals surface area contributed by atoms with E-state index in [2.05, 4.69) is 5.10 Å². The quantitative estimate of drug-likeness (QED) is 0.619. The number of aldehydes is 1. The fraction of sp³-hybridized carbons (Fsp3) is 0.111. The van der Waals surface area contributed by atoms with Crippen LogP contribution in [0.1, 0.15) is 0 Å². The van der Waals surface area contributed by atoms with Crippen LogP contribution >= 0.6 is 0 Å². The third kappa shape index (κ3) is 0.993. The minimum atomic E-state index is 0.327. The highest BCUT2D eigenvalue weighted by atomic mass is 16.1. The first kappa shape index (κ1) is 7.03. The highest BCUT2D eigenvalue weighted by molar-refractivity contribution is 5.78. The summed E-state index contributed by atoms with van der Waals surface area (Å²) in [7, 11) is 0. The van der Waals surface area contributed by atoms with E-state index < -0.39 is 0 Å². The molecule has 3 heteroatoms. The Hall–Kier alpha value is -1.64. The Morgan fingerprint density at radius 2 is 2.25 bits per heavy atom. The number of fused-ring (bicyclic) bond motifs is 1. The first-order valence-corrected chi connectivity index (χ1v) is 3.76. The summed E-state index contributed by atoms with van der Waals surface area (Å²) in [6, 6.07) is 7.82. The molecule has 0 saturated carbocycles. The van der Waals surface area contributed by atoms with Crippen molar-refractivity contribution in [3.8, 4) is 0 Å². The largest absolute Gasteiger partial charge is 0.301 e. The molecule has 0 bridgehead atoms. The second-order valence-corrected chi connectivity index (χ2v) is 2.55. The van der Waals surface area contributed by atoms with Crippen molar-refractivity contribution in [3.63, 3.8) is 0 Å². The van der Waals surface area contributed by atoms with E-state index in [1.165, 1.54) is 0 Å². The summed E-state index contributed by atoms with van der Waals surface area (Å²) >= 11 is 0. The zero-order chi connectivity index (χ0) is 8.39. The minimum absolute atomic E-state index is 0.327. The van der Waals surface area contributed by atoms with Gasteiger partial charge in [-0.15, -0.1) is 0 Å². The van der Waals surface area contributed by atoms with Crippen molar-refractivity contribution in [3.05, 3.63) is 30.5 Å². The minimum Gasteiger partial charge on any atom is -0.301 e. The maximum absolute atomic E-state index is 10.3. The molecule has 0 radical (unpaired) electrons. The molecule has 0 amide bonds. The van der Waals surface area contributed by atoms with Gasteiger partial charge in [0.25, 0.3) is 0 Å². The zero-order valence-corrected chi connectivity index (χ0v) is 6.47. The Balaban J connectivity index is 2.62. The second-order valence-electron chi connectivity index (χ2n) is 2.55. The number of benzene rings is 1. The molecule has 0 N–H and O–H groups in total. The third-order valence-corrected chi connectivity index (χ3v) is 1.80. The number of carbonyl (C=O) groups excluding carboxylic acids is 1. The lowest BCUT2D eigenvalue weighted by molar-refractivity contribution is -0.108. The lowest BCUT2D eigenvalue weighted by Crippen LogP contribution is -1.99. The Labute approximate surface area is 69.6 Å². The highest BCUT2D eigenvalue weighted by Gasteiger charge is 1.98. The van der Waals surface area contributed by atoms with Crippen LogP contribution in [0, 0.1) is 0 Å². The molecule has 0 spiro atoms. The van der Waals surface area contributed by atoms with E-state index in [4.69, 9.17) is 0 Å². The van der Waals surface area contributed by atoms with Crippen LogP contribution in [0.25, 0.3) is 10.9 Å². The van der Waals surface area contributed by atoms with Crippen molar-refractivity contribution in [1.82, 2.24) is 9.78 Å². The maximum atomic E-state index is 10.3. The molecule has 1 aromatic heterocycles. The number of para-hydroxylation sites is 1. The van der Waals surface area contributed by atoms with Crippen molar-refractivity contribution in [2.75, 3.05) is 0 Å². The average molecular weight is 160 g/mol. The van der Waals surface area contributed by atoms with Gasteiger partial charge in [-0.1, -0.05) is 18.2 Å². The highest BCUT2D eigenvalue weighted by Crippen LogP contribution is 2.11. The number of nitrogens with zero attached hydrogens (tertiary/aromatic N) is 2. The lowest BCUT2D eigenvalue weighted by Gasteiger charge is -1.95. The fourth-order valence-corrected chi connectivity index (χ4v) is 1.24. The molecule has 60 valence electrons. The number of carbonyl (C=O) groups is 1. The van der Waals surface area contributed by atoms with Gasteiger partial charge in [0.1, 0.15) is 6.29 Å². The smallest absolute Gasteiger partial charge is 0.141 e. The zero-order valence-electron chi connectivity index (χ0n) is 6.47. The van der Waals surface area contributed by atoms with Crippen LogP contribution in [-0.2, 0) is 11.3 Å². The number of hydrogen-bond donors (Lipinski definition) is 0. The van der Waals surface area contributed by atoms with Gasteiger partial charge in [0, 0.05) is 5.39 Å². The maximum Gasteiger partial charge on any atom is 0.141 e. The number of aromatic nitrogens is 2. The number of rotatable bonds is 2. The molecule has 0 unspecified atom stereocenters. The first-order chi connectivity index (χ1) is 5.92. The van der Waals surface area contributed by atoms with E-state index in [0.29, 0.717) is 6.54 Å². The van der Waals surface area contributed by atoms with Crippen molar-refractivity contribution in [1.29, 1.82) is 0 Å². The van der Waals surface area contributed by atoms with E-state index in [1.807, 2.05) is 24.3 Å². The molecule has 0 fully saturated rings. The number of hydrogen-bond acceptors (Lipinski definition) is 2. The van der Waals surface area contributed by atoms with Crippen LogP contribution in [0.15, 0.2) is 30.5 Å². The molecule has 0 aliphatic rings. The molecule has 1 heterocycles. The molecule has 0 saturated heterocycles. The predicted octanol–water partition coefficient (Wildman–Crippen LogP) is 1.24. The van der Waals surface area contributed by atoms with Crippen molar-refractivity contribution in [2.24, 2.45) is 0 Å². The van der Waals surface area contributed by atoms with Gasteiger partial charge in [-0.25, -0.2) is 0 Å². The van der Waals surface area contributed by atoms with Gasteiger partial charge in [-0.3, -0.25) is 4.68 Å². The van der Waals surface area contributed by atoms with Gasteiger partial charge in [0.05, 0.1) is 18.3 Å². The molecule has 1 aromatic carbocycles. The molecular weight excluding hydrogens is 152 g/mol. The van der Waals surface area contributed by atoms with Crippen molar-refractivity contribution < 1.29 is 4.79 Å². The summed E-state index contributed by atoms with van der Waals surface area (Å²) in [5, 5.41) is 5.14. The van der Waals surface area contributed by atoms with Crippen LogP contribution < -0.4 is 0 Å². The summed E-state index contributed by atoms with van der Waals surface area (Å²) in [5.41, 5.74) is 1.00. The molecule has 0 aliphatic heterocycles. The fourth-order valence-electron chi connectivity index (χ4n) is 1.24. The van der Waals surface area contributed by atoms with Gasteiger partial charge in [-0.2, -0.15) is 5.10 Å². The standard InChI is InChI=1S/C9H8N2O/c12-6-5-11-9-4-2-1-3-8(9)7-10-11/h1-4,6-7H,5H2. The Morgan fingerprint density at radius 3 is 3.08 bits per heavy atom. The van der Waals surface area contributed by atoms with Crippen molar-refractivity contribution in [2.45, 2.75) is 6.54 Å². The summed E-state index contributed by atoms with van der Waals surface area (Å²) in [4.78, 5) is 10.3. The Kier molecular flexibility index (Phi) is 1.63. The van der Waals surface area contributed by atoms with Crippen LogP contribution in [-0.4, -0.2) is 16.1 Å². The van der Waals surface area contributed by atoms with Crippen molar-refractivity contribution >= 4 is 17.2 Å². The normalized spacial score (nSPS) is 10.3. The van der Waals surface area contributed by atoms with E-state index in [0.717, 1.165) is 17.2 Å². The van der Waals surface area contributed by atoms with Crippen LogP contribution in [0.4, 0.5) is 0 Å². The Morgan fingerprint density at radius 1 is 1.42 bits per heavy atom. The summed E-state index contributed by atoms with van der Waals surface area (Å²) in [6.45, 7) is 0.327. The van der Waals surface area contributed by atoms with Gasteiger partial charge in [0.2, 0.25) is 0 Å². The van der Waals surface area contributed by atoms with Gasteiger partial charge in [0.15, 0.2) is 0 Å². The molecular formula is C9H8N2O. The van der Waals surface area contributed by atoms with Crippen LogP contribution in [0.5, 0.6) is 0 Å². The summed E-state index contributed by atoms with van der Waals surface area (Å²) in [5.74, 6) is 0. The van der Waals surface area contributed by atoms with E-state index >= 15 is 0 Å². The molecule has 2 aromatic rings. The van der Waals surface area contributed by atoms with Crippen LogP contribution in [0.3, 0.4) is 0 Å². The van der Waals surface area contributed by atoms with Crippen LogP contribution in [0.2, 0.25) is 0 Å². The van der Waals surface area contributed by atoms with Gasteiger partial charge in [-0.05, 0) is 6.07 Å². The molecule has 0 aliphatic carbocycles. The molecule has 2 rings (SSSR count). The summed E-state index contributed by atoms with van der Waals surface area (Å²) < 4.78 is 1.68. The Bertz CT molecular complexity index is 406. The molecule has 0 atom stereocenters. The monoisotopic (exact) mass is 160 g/mol. The molecule has 3 nitrogen and oxygen atoms in total. The average Bonchev–Trinajstić information content (AvgIpc) is 2.50. The topological polar surface area (TPSA) is 34.9 Å². The van der Waals surface area contributed by atoms with E-state index in [-0.39, 0.29) is 0 Å². The van der Waals surface area contributed by atoms with Gasteiger partial charge < -0.3 is 4.79 Å². The van der Waals surface area contributed by atoms with E-state index in [1.54, 1.807) is 10.9 Å². The van der Waals surface area contributed by atoms with Gasteiger partial charge >= 0.3 is 0 Å².